The molecule has 0 spiro atoms. The molecule has 1 saturated heterocycles. The SMILES string of the molecule is CC(C)(C)OC(=O)c1cc(C2CC2)c(OCC2CN(C(=O)OC(C)(C)C)CCC2F)cc1F. The van der Waals surface area contributed by atoms with Gasteiger partial charge < -0.3 is 19.1 Å². The summed E-state index contributed by atoms with van der Waals surface area (Å²) in [6.45, 7) is 10.9. The van der Waals surface area contributed by atoms with E-state index >= 15 is 0 Å². The number of halogens is 2. The zero-order valence-electron chi connectivity index (χ0n) is 20.4. The molecule has 6 nitrogen and oxygen atoms in total. The van der Waals surface area contributed by atoms with E-state index in [9.17, 15) is 18.4 Å². The van der Waals surface area contributed by atoms with Crippen LogP contribution in [0.2, 0.25) is 0 Å². The number of alkyl halides is 1. The monoisotopic (exact) mass is 467 g/mol. The molecule has 1 heterocycles. The Kier molecular flexibility index (Phi) is 7.24. The maximum absolute atomic E-state index is 14.8. The molecular weight excluding hydrogens is 432 g/mol. The Morgan fingerprint density at radius 1 is 1.03 bits per heavy atom. The van der Waals surface area contributed by atoms with E-state index in [1.165, 1.54) is 17.0 Å². The summed E-state index contributed by atoms with van der Waals surface area (Å²) in [5.41, 5.74) is -0.776. The molecule has 1 aliphatic heterocycles. The van der Waals surface area contributed by atoms with Gasteiger partial charge >= 0.3 is 12.1 Å². The number of nitrogens with zero attached hydrogens (tertiary/aromatic N) is 1. The molecule has 1 saturated carbocycles. The van der Waals surface area contributed by atoms with Crippen molar-refractivity contribution >= 4 is 12.1 Å². The number of piperidine rings is 1. The second-order valence-corrected chi connectivity index (χ2v) is 10.9. The molecule has 3 rings (SSSR count). The summed E-state index contributed by atoms with van der Waals surface area (Å²) < 4.78 is 46.0. The number of rotatable bonds is 5. The van der Waals surface area contributed by atoms with Crippen molar-refractivity contribution in [2.45, 2.75) is 84.1 Å². The van der Waals surface area contributed by atoms with Crippen molar-refractivity contribution in [3.8, 4) is 5.75 Å². The third-order valence-corrected chi connectivity index (χ3v) is 5.48. The van der Waals surface area contributed by atoms with E-state index in [1.54, 1.807) is 41.5 Å². The molecule has 0 bridgehead atoms. The van der Waals surface area contributed by atoms with Crippen LogP contribution >= 0.6 is 0 Å². The average molecular weight is 468 g/mol. The first-order chi connectivity index (χ1) is 15.2. The molecule has 1 aromatic carbocycles. The number of ether oxygens (including phenoxy) is 3. The molecule has 33 heavy (non-hydrogen) atoms. The van der Waals surface area contributed by atoms with Crippen LogP contribution in [0.1, 0.15) is 82.6 Å². The Morgan fingerprint density at radius 3 is 2.24 bits per heavy atom. The van der Waals surface area contributed by atoms with E-state index in [4.69, 9.17) is 14.2 Å². The molecular formula is C25H35F2NO5. The lowest BCUT2D eigenvalue weighted by Crippen LogP contribution is -2.48. The van der Waals surface area contributed by atoms with Crippen LogP contribution in [0.5, 0.6) is 5.75 Å². The lowest BCUT2D eigenvalue weighted by atomic mass is 9.97. The lowest BCUT2D eigenvalue weighted by molar-refractivity contribution is 0.000801. The number of hydrogen-bond donors (Lipinski definition) is 0. The molecule has 184 valence electrons. The van der Waals surface area contributed by atoms with Gasteiger partial charge in [-0.2, -0.15) is 0 Å². The van der Waals surface area contributed by atoms with E-state index in [2.05, 4.69) is 0 Å². The molecule has 1 aromatic rings. The van der Waals surface area contributed by atoms with E-state index in [0.717, 1.165) is 18.4 Å². The number of hydrogen-bond acceptors (Lipinski definition) is 5. The zero-order chi connectivity index (χ0) is 24.6. The highest BCUT2D eigenvalue weighted by Gasteiger charge is 2.35. The second-order valence-electron chi connectivity index (χ2n) is 10.9. The van der Waals surface area contributed by atoms with E-state index in [1.807, 2.05) is 0 Å². The maximum Gasteiger partial charge on any atom is 0.410 e. The largest absolute Gasteiger partial charge is 0.493 e. The topological polar surface area (TPSA) is 65.1 Å². The van der Waals surface area contributed by atoms with Gasteiger partial charge in [0.05, 0.1) is 12.2 Å². The first-order valence-corrected chi connectivity index (χ1v) is 11.5. The minimum atomic E-state index is -1.14. The minimum Gasteiger partial charge on any atom is -0.493 e. The molecule has 1 aliphatic carbocycles. The summed E-state index contributed by atoms with van der Waals surface area (Å²) in [7, 11) is 0. The average Bonchev–Trinajstić information content (AvgIpc) is 3.49. The van der Waals surface area contributed by atoms with Gasteiger partial charge in [0.1, 0.15) is 28.9 Å². The fourth-order valence-corrected chi connectivity index (χ4v) is 3.75. The number of carbonyl (C=O) groups is 2. The second kappa shape index (κ2) is 9.47. The Hall–Kier alpha value is -2.38. The molecule has 2 aliphatic rings. The van der Waals surface area contributed by atoms with Crippen LogP contribution < -0.4 is 4.74 Å². The van der Waals surface area contributed by atoms with Gasteiger partial charge in [0.15, 0.2) is 0 Å². The van der Waals surface area contributed by atoms with Crippen molar-refractivity contribution in [1.82, 2.24) is 4.90 Å². The van der Waals surface area contributed by atoms with Gasteiger partial charge in [-0.15, -0.1) is 0 Å². The molecule has 0 aromatic heterocycles. The number of likely N-dealkylation sites (tertiary alicyclic amines) is 1. The quantitative estimate of drug-likeness (QED) is 0.525. The summed E-state index contributed by atoms with van der Waals surface area (Å²) in [4.78, 5) is 26.3. The lowest BCUT2D eigenvalue weighted by Gasteiger charge is -2.36. The van der Waals surface area contributed by atoms with Gasteiger partial charge in [0.2, 0.25) is 0 Å². The highest BCUT2D eigenvalue weighted by atomic mass is 19.1. The van der Waals surface area contributed by atoms with Crippen molar-refractivity contribution in [3.05, 3.63) is 29.1 Å². The van der Waals surface area contributed by atoms with Crippen molar-refractivity contribution in [3.63, 3.8) is 0 Å². The van der Waals surface area contributed by atoms with E-state index < -0.39 is 41.2 Å². The zero-order valence-corrected chi connectivity index (χ0v) is 20.4. The molecule has 2 unspecified atom stereocenters. The van der Waals surface area contributed by atoms with Gasteiger partial charge in [-0.3, -0.25) is 0 Å². The Bertz CT molecular complexity index is 886. The number of esters is 1. The number of carbonyl (C=O) groups excluding carboxylic acids is 2. The standard InChI is InChI=1S/C25H35F2NO5/c1-24(2,3)32-22(29)18-11-17(15-7-8-15)21(12-20(18)27)31-14-16-13-28(10-9-19(16)26)23(30)33-25(4,5)6/h11-12,15-16,19H,7-10,13-14H2,1-6H3. The summed E-state index contributed by atoms with van der Waals surface area (Å²) in [6, 6.07) is 2.69. The van der Waals surface area contributed by atoms with Crippen LogP contribution in [0.4, 0.5) is 13.6 Å². The van der Waals surface area contributed by atoms with Gasteiger partial charge in [0.25, 0.3) is 0 Å². The Balaban J connectivity index is 1.71. The Morgan fingerprint density at radius 2 is 1.67 bits per heavy atom. The first kappa shape index (κ1) is 25.2. The normalized spacial score (nSPS) is 21.5. The molecule has 8 heteroatoms. The number of benzene rings is 1. The van der Waals surface area contributed by atoms with Gasteiger partial charge in [0, 0.05) is 25.1 Å². The molecule has 2 fully saturated rings. The number of amides is 1. The van der Waals surface area contributed by atoms with Crippen LogP contribution in [0.25, 0.3) is 0 Å². The van der Waals surface area contributed by atoms with Crippen molar-refractivity contribution < 1.29 is 32.6 Å². The third kappa shape index (κ3) is 7.05. The van der Waals surface area contributed by atoms with Gasteiger partial charge in [-0.25, -0.2) is 18.4 Å². The van der Waals surface area contributed by atoms with Crippen molar-refractivity contribution in [2.24, 2.45) is 5.92 Å². The molecule has 0 N–H and O–H groups in total. The van der Waals surface area contributed by atoms with Crippen molar-refractivity contribution in [2.75, 3.05) is 19.7 Å². The van der Waals surface area contributed by atoms with E-state index in [-0.39, 0.29) is 37.6 Å². The molecule has 1 amide bonds. The minimum absolute atomic E-state index is 0.00852. The third-order valence-electron chi connectivity index (χ3n) is 5.48. The van der Waals surface area contributed by atoms with Crippen LogP contribution in [-0.4, -0.2) is 54.0 Å². The van der Waals surface area contributed by atoms with Gasteiger partial charge in [-0.05, 0) is 78.4 Å². The summed E-state index contributed by atoms with van der Waals surface area (Å²) in [6.07, 6.45) is 0.397. The first-order valence-electron chi connectivity index (χ1n) is 11.5. The smallest absolute Gasteiger partial charge is 0.410 e. The highest BCUT2D eigenvalue weighted by Crippen LogP contribution is 2.45. The fraction of sp³-hybridized carbons (Fsp3) is 0.680. The van der Waals surface area contributed by atoms with Crippen LogP contribution in [0, 0.1) is 11.7 Å². The van der Waals surface area contributed by atoms with Gasteiger partial charge in [-0.1, -0.05) is 0 Å². The highest BCUT2D eigenvalue weighted by molar-refractivity contribution is 5.90. The Labute approximate surface area is 194 Å². The molecule has 0 radical (unpaired) electrons. The van der Waals surface area contributed by atoms with E-state index in [0.29, 0.717) is 5.75 Å². The van der Waals surface area contributed by atoms with Crippen LogP contribution in [0.3, 0.4) is 0 Å². The predicted octanol–water partition coefficient (Wildman–Crippen LogP) is 5.63. The summed E-state index contributed by atoms with van der Waals surface area (Å²) in [5.74, 6) is -1.54. The van der Waals surface area contributed by atoms with Crippen LogP contribution in [0.15, 0.2) is 12.1 Å². The van der Waals surface area contributed by atoms with Crippen LogP contribution in [-0.2, 0) is 9.47 Å². The summed E-state index contributed by atoms with van der Waals surface area (Å²) >= 11 is 0. The summed E-state index contributed by atoms with van der Waals surface area (Å²) in [5, 5.41) is 0. The molecule has 2 atom stereocenters. The maximum atomic E-state index is 14.8. The van der Waals surface area contributed by atoms with Crippen molar-refractivity contribution in [1.29, 1.82) is 0 Å². The fourth-order valence-electron chi connectivity index (χ4n) is 3.75. The predicted molar refractivity (Wildman–Crippen MR) is 120 cm³/mol.